The number of phenols is 1. The topological polar surface area (TPSA) is 87.4 Å². The Morgan fingerprint density at radius 2 is 2.29 bits per heavy atom. The van der Waals surface area contributed by atoms with E-state index in [1.54, 1.807) is 6.92 Å². The Balaban J connectivity index is 3.17. The highest BCUT2D eigenvalue weighted by Gasteiger charge is 2.16. The van der Waals surface area contributed by atoms with E-state index in [2.05, 4.69) is 0 Å². The molecule has 0 radical (unpaired) electrons. The zero-order chi connectivity index (χ0) is 12.8. The molecular formula is C12H11NO4. The summed E-state index contributed by atoms with van der Waals surface area (Å²) in [6.07, 6.45) is 0.218. The lowest BCUT2D eigenvalue weighted by Gasteiger charge is -2.08. The lowest BCUT2D eigenvalue weighted by atomic mass is 9.99. The first kappa shape index (κ1) is 12.7. The van der Waals surface area contributed by atoms with Crippen molar-refractivity contribution >= 4 is 12.3 Å². The van der Waals surface area contributed by atoms with Gasteiger partial charge < -0.3 is 9.84 Å². The number of carbonyl (C=O) groups excluding carboxylic acids is 2. The van der Waals surface area contributed by atoms with E-state index in [0.717, 1.165) is 0 Å². The van der Waals surface area contributed by atoms with E-state index in [0.29, 0.717) is 6.29 Å². The maximum Gasteiger partial charge on any atom is 0.310 e. The van der Waals surface area contributed by atoms with Gasteiger partial charge in [0.15, 0.2) is 6.29 Å². The van der Waals surface area contributed by atoms with Gasteiger partial charge in [0.2, 0.25) is 0 Å². The standard InChI is InChI=1S/C12H11NO4/c1-2-17-12(16)5-9-10(7-14)8(6-13)3-4-11(9)15/h3-4,7,15H,2,5H2,1H3. The van der Waals surface area contributed by atoms with Gasteiger partial charge in [-0.25, -0.2) is 0 Å². The smallest absolute Gasteiger partial charge is 0.310 e. The third-order valence-corrected chi connectivity index (χ3v) is 2.20. The number of aromatic hydroxyl groups is 1. The SMILES string of the molecule is CCOC(=O)Cc1c(O)ccc(C#N)c1C=O. The minimum absolute atomic E-state index is 0.0283. The Morgan fingerprint density at radius 1 is 1.59 bits per heavy atom. The monoisotopic (exact) mass is 233 g/mol. The molecule has 0 unspecified atom stereocenters. The molecule has 0 aliphatic rings. The van der Waals surface area contributed by atoms with Crippen molar-refractivity contribution in [3.8, 4) is 11.8 Å². The van der Waals surface area contributed by atoms with Crippen LogP contribution in [0, 0.1) is 11.3 Å². The van der Waals surface area contributed by atoms with E-state index >= 15 is 0 Å². The van der Waals surface area contributed by atoms with Crippen molar-refractivity contribution in [2.24, 2.45) is 0 Å². The molecule has 0 saturated heterocycles. The number of nitrogens with zero attached hydrogens (tertiary/aromatic N) is 1. The number of carbonyl (C=O) groups is 2. The highest BCUT2D eigenvalue weighted by molar-refractivity contribution is 5.86. The van der Waals surface area contributed by atoms with Gasteiger partial charge in [0.05, 0.1) is 24.7 Å². The number of hydrogen-bond donors (Lipinski definition) is 1. The number of phenolic OH excluding ortho intramolecular Hbond substituents is 1. The first-order valence-electron chi connectivity index (χ1n) is 4.99. The van der Waals surface area contributed by atoms with Gasteiger partial charge in [-0.15, -0.1) is 0 Å². The largest absolute Gasteiger partial charge is 0.508 e. The molecule has 88 valence electrons. The number of nitriles is 1. The van der Waals surface area contributed by atoms with E-state index in [9.17, 15) is 14.7 Å². The third-order valence-electron chi connectivity index (χ3n) is 2.20. The lowest BCUT2D eigenvalue weighted by molar-refractivity contribution is -0.142. The van der Waals surface area contributed by atoms with Gasteiger partial charge in [-0.1, -0.05) is 0 Å². The van der Waals surface area contributed by atoms with Crippen molar-refractivity contribution in [1.29, 1.82) is 5.26 Å². The molecule has 0 aliphatic heterocycles. The van der Waals surface area contributed by atoms with Crippen LogP contribution in [0.25, 0.3) is 0 Å². The van der Waals surface area contributed by atoms with Crippen LogP contribution in [0.5, 0.6) is 5.75 Å². The summed E-state index contributed by atoms with van der Waals surface area (Å²) in [5, 5.41) is 18.4. The second kappa shape index (κ2) is 5.66. The fraction of sp³-hybridized carbons (Fsp3) is 0.250. The zero-order valence-electron chi connectivity index (χ0n) is 9.27. The number of ether oxygens (including phenoxy) is 1. The van der Waals surface area contributed by atoms with Gasteiger partial charge in [0, 0.05) is 11.1 Å². The first-order chi connectivity index (χ1) is 8.13. The summed E-state index contributed by atoms with van der Waals surface area (Å²) in [5.41, 5.74) is 0.273. The molecule has 0 aliphatic carbocycles. The van der Waals surface area contributed by atoms with Gasteiger partial charge in [0.25, 0.3) is 0 Å². The average molecular weight is 233 g/mol. The molecule has 0 amide bonds. The number of hydrogen-bond acceptors (Lipinski definition) is 5. The minimum atomic E-state index is -0.555. The molecular weight excluding hydrogens is 222 g/mol. The van der Waals surface area contributed by atoms with Crippen molar-refractivity contribution in [3.63, 3.8) is 0 Å². The summed E-state index contributed by atoms with van der Waals surface area (Å²) in [4.78, 5) is 22.2. The number of esters is 1. The van der Waals surface area contributed by atoms with Crippen molar-refractivity contribution in [1.82, 2.24) is 0 Å². The van der Waals surface area contributed by atoms with Gasteiger partial charge in [-0.2, -0.15) is 5.26 Å². The van der Waals surface area contributed by atoms with Crippen molar-refractivity contribution < 1.29 is 19.4 Å². The molecule has 0 bridgehead atoms. The second-order valence-electron chi connectivity index (χ2n) is 3.24. The molecule has 1 aromatic carbocycles. The fourth-order valence-electron chi connectivity index (χ4n) is 1.43. The van der Waals surface area contributed by atoms with Crippen LogP contribution in [-0.4, -0.2) is 24.0 Å². The Morgan fingerprint density at radius 3 is 2.82 bits per heavy atom. The average Bonchev–Trinajstić information content (AvgIpc) is 2.31. The summed E-state index contributed by atoms with van der Waals surface area (Å²) in [5.74, 6) is -0.750. The fourth-order valence-corrected chi connectivity index (χ4v) is 1.43. The number of aldehydes is 1. The van der Waals surface area contributed by atoms with Gasteiger partial charge >= 0.3 is 5.97 Å². The zero-order valence-corrected chi connectivity index (χ0v) is 9.27. The Hall–Kier alpha value is -2.35. The molecule has 1 N–H and O–H groups in total. The highest BCUT2D eigenvalue weighted by atomic mass is 16.5. The summed E-state index contributed by atoms with van der Waals surface area (Å²) in [6.45, 7) is 1.87. The molecule has 0 aromatic heterocycles. The summed E-state index contributed by atoms with van der Waals surface area (Å²) in [6, 6.07) is 4.43. The molecule has 0 spiro atoms. The van der Waals surface area contributed by atoms with Gasteiger partial charge in [-0.05, 0) is 19.1 Å². The maximum atomic E-state index is 11.3. The Bertz CT molecular complexity index is 488. The summed E-state index contributed by atoms with van der Waals surface area (Å²) >= 11 is 0. The molecule has 5 heteroatoms. The molecule has 0 atom stereocenters. The summed E-state index contributed by atoms with van der Waals surface area (Å²) < 4.78 is 4.72. The van der Waals surface area contributed by atoms with E-state index in [4.69, 9.17) is 10.00 Å². The molecule has 17 heavy (non-hydrogen) atoms. The van der Waals surface area contributed by atoms with Gasteiger partial charge in [-0.3, -0.25) is 9.59 Å². The van der Waals surface area contributed by atoms with Crippen LogP contribution in [-0.2, 0) is 16.0 Å². The van der Waals surface area contributed by atoms with Gasteiger partial charge in [0.1, 0.15) is 5.75 Å². The first-order valence-corrected chi connectivity index (χ1v) is 4.99. The maximum absolute atomic E-state index is 11.3. The van der Waals surface area contributed by atoms with Crippen LogP contribution in [0.1, 0.15) is 28.4 Å². The lowest BCUT2D eigenvalue weighted by Crippen LogP contribution is -2.10. The van der Waals surface area contributed by atoms with Crippen molar-refractivity contribution in [2.45, 2.75) is 13.3 Å². The Labute approximate surface area is 98.2 Å². The quantitative estimate of drug-likeness (QED) is 0.623. The molecule has 0 fully saturated rings. The van der Waals surface area contributed by atoms with Crippen LogP contribution >= 0.6 is 0 Å². The van der Waals surface area contributed by atoms with E-state index in [1.807, 2.05) is 6.07 Å². The molecule has 0 saturated carbocycles. The molecule has 1 rings (SSSR count). The molecule has 5 nitrogen and oxygen atoms in total. The van der Waals surface area contributed by atoms with E-state index < -0.39 is 5.97 Å². The van der Waals surface area contributed by atoms with Crippen LogP contribution in [0.2, 0.25) is 0 Å². The van der Waals surface area contributed by atoms with Crippen LogP contribution in [0.3, 0.4) is 0 Å². The van der Waals surface area contributed by atoms with Crippen molar-refractivity contribution in [3.05, 3.63) is 28.8 Å². The highest BCUT2D eigenvalue weighted by Crippen LogP contribution is 2.24. The van der Waals surface area contributed by atoms with Crippen LogP contribution in [0.4, 0.5) is 0 Å². The van der Waals surface area contributed by atoms with Crippen molar-refractivity contribution in [2.75, 3.05) is 6.61 Å². The minimum Gasteiger partial charge on any atom is -0.508 e. The normalized spacial score (nSPS) is 9.41. The molecule has 0 heterocycles. The Kier molecular flexibility index (Phi) is 4.23. The predicted molar refractivity (Wildman–Crippen MR) is 58.5 cm³/mol. The summed E-state index contributed by atoms with van der Waals surface area (Å²) in [7, 11) is 0. The second-order valence-corrected chi connectivity index (χ2v) is 3.24. The molecule has 1 aromatic rings. The third kappa shape index (κ3) is 2.82. The number of benzene rings is 1. The van der Waals surface area contributed by atoms with E-state index in [1.165, 1.54) is 12.1 Å². The van der Waals surface area contributed by atoms with E-state index in [-0.39, 0.29) is 35.5 Å². The number of rotatable bonds is 4. The van der Waals surface area contributed by atoms with Crippen LogP contribution < -0.4 is 0 Å². The van der Waals surface area contributed by atoms with Crippen LogP contribution in [0.15, 0.2) is 12.1 Å². The predicted octanol–water partition coefficient (Wildman–Crippen LogP) is 1.18.